The van der Waals surface area contributed by atoms with Gasteiger partial charge in [0.25, 0.3) is 0 Å². The van der Waals surface area contributed by atoms with Crippen LogP contribution in [0, 0.1) is 0 Å². The molecule has 1 unspecified atom stereocenters. The second-order valence-corrected chi connectivity index (χ2v) is 4.64. The fraction of sp³-hybridized carbons (Fsp3) is 0.308. The maximum atomic E-state index is 10.1. The molecule has 0 saturated heterocycles. The van der Waals surface area contributed by atoms with Crippen molar-refractivity contribution < 1.29 is 9.84 Å². The topological polar surface area (TPSA) is 42.4 Å². The summed E-state index contributed by atoms with van der Waals surface area (Å²) in [4.78, 5) is 4.81. The van der Waals surface area contributed by atoms with Crippen LogP contribution in [0.3, 0.4) is 0 Å². The SMILES string of the molecule is CCCOc1ccc(C(O)c2cncs2)cc1. The summed E-state index contributed by atoms with van der Waals surface area (Å²) in [6.45, 7) is 2.79. The van der Waals surface area contributed by atoms with Crippen LogP contribution in [0.15, 0.2) is 36.0 Å². The van der Waals surface area contributed by atoms with Crippen LogP contribution in [0.2, 0.25) is 0 Å². The molecule has 0 spiro atoms. The van der Waals surface area contributed by atoms with Gasteiger partial charge in [-0.3, -0.25) is 4.98 Å². The minimum atomic E-state index is -0.595. The minimum absolute atomic E-state index is 0.595. The molecular formula is C13H15NO2S. The summed E-state index contributed by atoms with van der Waals surface area (Å²) in [5, 5.41) is 10.1. The van der Waals surface area contributed by atoms with Crippen LogP contribution in [0.5, 0.6) is 5.75 Å². The highest BCUT2D eigenvalue weighted by Crippen LogP contribution is 2.26. The number of aliphatic hydroxyl groups excluding tert-OH is 1. The molecule has 0 saturated carbocycles. The van der Waals surface area contributed by atoms with E-state index >= 15 is 0 Å². The Morgan fingerprint density at radius 3 is 2.71 bits per heavy atom. The van der Waals surface area contributed by atoms with Gasteiger partial charge in [-0.25, -0.2) is 0 Å². The lowest BCUT2D eigenvalue weighted by atomic mass is 10.1. The van der Waals surface area contributed by atoms with E-state index in [4.69, 9.17) is 4.74 Å². The Bertz CT molecular complexity index is 439. The lowest BCUT2D eigenvalue weighted by molar-refractivity contribution is 0.223. The van der Waals surface area contributed by atoms with E-state index in [0.717, 1.165) is 29.2 Å². The number of benzene rings is 1. The largest absolute Gasteiger partial charge is 0.494 e. The van der Waals surface area contributed by atoms with Crippen LogP contribution in [-0.2, 0) is 0 Å². The van der Waals surface area contributed by atoms with Crippen LogP contribution < -0.4 is 4.74 Å². The van der Waals surface area contributed by atoms with E-state index in [1.165, 1.54) is 11.3 Å². The third-order valence-corrected chi connectivity index (χ3v) is 3.22. The molecule has 4 heteroatoms. The Kier molecular flexibility index (Phi) is 4.12. The second-order valence-electron chi connectivity index (χ2n) is 3.72. The van der Waals surface area contributed by atoms with E-state index in [1.54, 1.807) is 11.7 Å². The van der Waals surface area contributed by atoms with E-state index in [9.17, 15) is 5.11 Å². The molecule has 90 valence electrons. The molecule has 2 rings (SSSR count). The molecule has 0 bridgehead atoms. The average Bonchev–Trinajstić information content (AvgIpc) is 2.90. The number of nitrogens with zero attached hydrogens (tertiary/aromatic N) is 1. The molecule has 0 radical (unpaired) electrons. The molecule has 1 aromatic carbocycles. The van der Waals surface area contributed by atoms with Crippen molar-refractivity contribution in [3.63, 3.8) is 0 Å². The molecule has 0 aliphatic carbocycles. The highest BCUT2D eigenvalue weighted by atomic mass is 32.1. The molecule has 1 N–H and O–H groups in total. The molecule has 17 heavy (non-hydrogen) atoms. The molecule has 3 nitrogen and oxygen atoms in total. The molecule has 2 aromatic rings. The molecule has 1 aromatic heterocycles. The Hall–Kier alpha value is -1.39. The number of aromatic nitrogens is 1. The minimum Gasteiger partial charge on any atom is -0.494 e. The molecule has 1 atom stereocenters. The first-order valence-electron chi connectivity index (χ1n) is 5.60. The third kappa shape index (κ3) is 3.05. The average molecular weight is 249 g/mol. The Morgan fingerprint density at radius 2 is 2.12 bits per heavy atom. The van der Waals surface area contributed by atoms with Gasteiger partial charge in [-0.05, 0) is 24.1 Å². The predicted octanol–water partition coefficient (Wildman–Crippen LogP) is 3.01. The number of hydrogen-bond acceptors (Lipinski definition) is 4. The standard InChI is InChI=1S/C13H15NO2S/c1-2-7-16-11-5-3-10(4-6-11)13(15)12-8-14-9-17-12/h3-6,8-9,13,15H,2,7H2,1H3. The molecular weight excluding hydrogens is 234 g/mol. The Labute approximate surface area is 105 Å². The number of hydrogen-bond donors (Lipinski definition) is 1. The zero-order valence-corrected chi connectivity index (χ0v) is 10.5. The van der Waals surface area contributed by atoms with Gasteiger partial charge in [0.2, 0.25) is 0 Å². The number of ether oxygens (including phenoxy) is 1. The number of thiazole rings is 1. The van der Waals surface area contributed by atoms with Gasteiger partial charge in [-0.15, -0.1) is 11.3 Å². The summed E-state index contributed by atoms with van der Waals surface area (Å²) in [5.41, 5.74) is 2.58. The van der Waals surface area contributed by atoms with Gasteiger partial charge in [0.1, 0.15) is 11.9 Å². The van der Waals surface area contributed by atoms with Gasteiger partial charge < -0.3 is 9.84 Å². The molecule has 0 fully saturated rings. The van der Waals surface area contributed by atoms with Crippen LogP contribution in [-0.4, -0.2) is 16.7 Å². The summed E-state index contributed by atoms with van der Waals surface area (Å²) in [7, 11) is 0. The van der Waals surface area contributed by atoms with Crippen molar-refractivity contribution in [2.75, 3.05) is 6.61 Å². The van der Waals surface area contributed by atoms with Crippen LogP contribution in [0.25, 0.3) is 0 Å². The fourth-order valence-electron chi connectivity index (χ4n) is 1.49. The van der Waals surface area contributed by atoms with Crippen molar-refractivity contribution in [3.05, 3.63) is 46.4 Å². The molecule has 1 heterocycles. The second kappa shape index (κ2) is 5.80. The summed E-state index contributed by atoms with van der Waals surface area (Å²) in [6, 6.07) is 7.54. The molecule has 0 aliphatic heterocycles. The van der Waals surface area contributed by atoms with Gasteiger partial charge in [0.15, 0.2) is 0 Å². The Morgan fingerprint density at radius 1 is 1.35 bits per heavy atom. The van der Waals surface area contributed by atoms with E-state index in [-0.39, 0.29) is 0 Å². The fourth-order valence-corrected chi connectivity index (χ4v) is 2.12. The smallest absolute Gasteiger partial charge is 0.119 e. The molecule has 0 aliphatic rings. The molecule has 0 amide bonds. The van der Waals surface area contributed by atoms with Crippen molar-refractivity contribution in [2.24, 2.45) is 0 Å². The van der Waals surface area contributed by atoms with Gasteiger partial charge in [-0.1, -0.05) is 19.1 Å². The highest BCUT2D eigenvalue weighted by molar-refractivity contribution is 7.09. The van der Waals surface area contributed by atoms with Crippen LogP contribution in [0.1, 0.15) is 29.9 Å². The van der Waals surface area contributed by atoms with Crippen molar-refractivity contribution >= 4 is 11.3 Å². The van der Waals surface area contributed by atoms with Crippen LogP contribution in [0.4, 0.5) is 0 Å². The van der Waals surface area contributed by atoms with Gasteiger partial charge in [0.05, 0.1) is 17.0 Å². The quantitative estimate of drug-likeness (QED) is 0.885. The summed E-state index contributed by atoms with van der Waals surface area (Å²) in [6.07, 6.45) is 2.09. The Balaban J connectivity index is 2.07. The first kappa shape index (κ1) is 12.1. The van der Waals surface area contributed by atoms with Crippen molar-refractivity contribution in [1.29, 1.82) is 0 Å². The van der Waals surface area contributed by atoms with E-state index in [2.05, 4.69) is 11.9 Å². The lowest BCUT2D eigenvalue weighted by Crippen LogP contribution is -1.98. The predicted molar refractivity (Wildman–Crippen MR) is 68.4 cm³/mol. The van der Waals surface area contributed by atoms with Crippen molar-refractivity contribution in [2.45, 2.75) is 19.4 Å². The maximum Gasteiger partial charge on any atom is 0.119 e. The van der Waals surface area contributed by atoms with Crippen molar-refractivity contribution in [1.82, 2.24) is 4.98 Å². The van der Waals surface area contributed by atoms with E-state index in [1.807, 2.05) is 24.3 Å². The normalized spacial score (nSPS) is 12.4. The summed E-state index contributed by atoms with van der Waals surface area (Å²) in [5.74, 6) is 0.840. The summed E-state index contributed by atoms with van der Waals surface area (Å²) >= 11 is 1.45. The highest BCUT2D eigenvalue weighted by Gasteiger charge is 2.11. The first-order valence-corrected chi connectivity index (χ1v) is 6.48. The van der Waals surface area contributed by atoms with Crippen LogP contribution >= 0.6 is 11.3 Å². The lowest BCUT2D eigenvalue weighted by Gasteiger charge is -2.10. The number of aliphatic hydroxyl groups is 1. The maximum absolute atomic E-state index is 10.1. The van der Waals surface area contributed by atoms with E-state index < -0.39 is 6.10 Å². The summed E-state index contributed by atoms with van der Waals surface area (Å²) < 4.78 is 5.49. The zero-order valence-electron chi connectivity index (χ0n) is 9.67. The van der Waals surface area contributed by atoms with E-state index in [0.29, 0.717) is 0 Å². The number of rotatable bonds is 5. The monoisotopic (exact) mass is 249 g/mol. The van der Waals surface area contributed by atoms with Crippen molar-refractivity contribution in [3.8, 4) is 5.75 Å². The zero-order chi connectivity index (χ0) is 12.1. The first-order chi connectivity index (χ1) is 8.31. The third-order valence-electron chi connectivity index (χ3n) is 2.39. The van der Waals surface area contributed by atoms with Gasteiger partial charge >= 0.3 is 0 Å². The van der Waals surface area contributed by atoms with Gasteiger partial charge in [0, 0.05) is 6.20 Å². The van der Waals surface area contributed by atoms with Gasteiger partial charge in [-0.2, -0.15) is 0 Å².